The second kappa shape index (κ2) is 8.05. The van der Waals surface area contributed by atoms with Crippen molar-refractivity contribution in [2.75, 3.05) is 0 Å². The normalized spacial score (nSPS) is 11.7. The number of thiophene rings is 1. The minimum atomic E-state index is -3.80. The maximum Gasteiger partial charge on any atom is 0.268 e. The Morgan fingerprint density at radius 1 is 1.03 bits per heavy atom. The summed E-state index contributed by atoms with van der Waals surface area (Å²) >= 11 is 1.20. The van der Waals surface area contributed by atoms with Crippen molar-refractivity contribution >= 4 is 21.4 Å². The summed E-state index contributed by atoms with van der Waals surface area (Å²) < 4.78 is 59.3. The van der Waals surface area contributed by atoms with E-state index in [1.54, 1.807) is 6.92 Å². The molecular weight excluding hydrogens is 432 g/mol. The highest BCUT2D eigenvalue weighted by Gasteiger charge is 2.22. The van der Waals surface area contributed by atoms with Crippen LogP contribution in [-0.2, 0) is 16.6 Å². The van der Waals surface area contributed by atoms with Gasteiger partial charge in [0.15, 0.2) is 0 Å². The number of rotatable bonds is 6. The van der Waals surface area contributed by atoms with Crippen molar-refractivity contribution in [1.82, 2.24) is 14.9 Å². The summed E-state index contributed by atoms with van der Waals surface area (Å²) in [7, 11) is -3.80. The van der Waals surface area contributed by atoms with Gasteiger partial charge in [-0.05, 0) is 55.0 Å². The van der Waals surface area contributed by atoms with E-state index >= 15 is 0 Å². The van der Waals surface area contributed by atoms with Gasteiger partial charge in [0.25, 0.3) is 5.89 Å². The Morgan fingerprint density at radius 2 is 1.67 bits per heavy atom. The van der Waals surface area contributed by atoms with E-state index in [0.29, 0.717) is 20.9 Å². The molecule has 10 heteroatoms. The molecular formula is C20H15F2N3O3S2. The van der Waals surface area contributed by atoms with E-state index in [2.05, 4.69) is 14.9 Å². The molecule has 0 aliphatic heterocycles. The minimum Gasteiger partial charge on any atom is -0.333 e. The number of aromatic nitrogens is 2. The third-order valence-corrected chi connectivity index (χ3v) is 6.98. The van der Waals surface area contributed by atoms with Crippen molar-refractivity contribution in [3.8, 4) is 22.2 Å². The predicted molar refractivity (Wildman–Crippen MR) is 108 cm³/mol. The van der Waals surface area contributed by atoms with Gasteiger partial charge in [-0.25, -0.2) is 21.9 Å². The number of hydrogen-bond acceptors (Lipinski definition) is 6. The third kappa shape index (κ3) is 4.30. The smallest absolute Gasteiger partial charge is 0.268 e. The fourth-order valence-electron chi connectivity index (χ4n) is 2.74. The summed E-state index contributed by atoms with van der Waals surface area (Å²) in [5.41, 5.74) is 1.21. The standard InChI is InChI=1S/C20H15F2N3O3S2/c1-12-18(30(26,27)23-11-13-2-6-15(21)7-3-13)10-17(29-12)20-24-19(25-28-20)14-4-8-16(22)9-5-14/h2-10,23H,11H2,1H3. The van der Waals surface area contributed by atoms with E-state index in [1.165, 1.54) is 65.9 Å². The molecule has 2 aromatic carbocycles. The number of sulfonamides is 1. The van der Waals surface area contributed by atoms with Crippen LogP contribution in [0.4, 0.5) is 8.78 Å². The quantitative estimate of drug-likeness (QED) is 0.469. The van der Waals surface area contributed by atoms with Gasteiger partial charge in [-0.15, -0.1) is 11.3 Å². The summed E-state index contributed by atoms with van der Waals surface area (Å²) in [5, 5.41) is 3.88. The Morgan fingerprint density at radius 3 is 2.33 bits per heavy atom. The van der Waals surface area contributed by atoms with Crippen LogP contribution in [0, 0.1) is 18.6 Å². The van der Waals surface area contributed by atoms with Crippen molar-refractivity contribution in [1.29, 1.82) is 0 Å². The first-order chi connectivity index (χ1) is 14.3. The fraction of sp³-hybridized carbons (Fsp3) is 0.100. The molecule has 0 atom stereocenters. The number of nitrogens with zero attached hydrogens (tertiary/aromatic N) is 2. The van der Waals surface area contributed by atoms with Crippen molar-refractivity contribution in [2.45, 2.75) is 18.4 Å². The van der Waals surface area contributed by atoms with Crippen molar-refractivity contribution in [3.05, 3.63) is 76.7 Å². The lowest BCUT2D eigenvalue weighted by Crippen LogP contribution is -2.23. The first-order valence-electron chi connectivity index (χ1n) is 8.76. The molecule has 2 heterocycles. The van der Waals surface area contributed by atoms with E-state index in [-0.39, 0.29) is 34.8 Å². The first-order valence-corrected chi connectivity index (χ1v) is 11.1. The lowest BCUT2D eigenvalue weighted by Gasteiger charge is -2.06. The summed E-state index contributed by atoms with van der Waals surface area (Å²) in [5.74, 6) is -0.323. The van der Waals surface area contributed by atoms with E-state index in [9.17, 15) is 17.2 Å². The van der Waals surface area contributed by atoms with Gasteiger partial charge in [0.1, 0.15) is 11.6 Å². The molecule has 0 bridgehead atoms. The van der Waals surface area contributed by atoms with Crippen LogP contribution in [0.25, 0.3) is 22.2 Å². The Kier molecular flexibility index (Phi) is 5.46. The zero-order valence-corrected chi connectivity index (χ0v) is 17.2. The molecule has 0 amide bonds. The average Bonchev–Trinajstić information content (AvgIpc) is 3.35. The van der Waals surface area contributed by atoms with Crippen LogP contribution in [0.15, 0.2) is 64.0 Å². The van der Waals surface area contributed by atoms with Crippen molar-refractivity contribution in [3.63, 3.8) is 0 Å². The summed E-state index contributed by atoms with van der Waals surface area (Å²) in [4.78, 5) is 5.43. The summed E-state index contributed by atoms with van der Waals surface area (Å²) in [6, 6.07) is 12.7. The van der Waals surface area contributed by atoms with E-state index in [1.807, 2.05) is 0 Å². The Balaban J connectivity index is 1.55. The molecule has 6 nitrogen and oxygen atoms in total. The Bertz CT molecular complexity index is 1280. The number of benzene rings is 2. The molecule has 4 rings (SSSR count). The molecule has 0 radical (unpaired) electrons. The van der Waals surface area contributed by atoms with Gasteiger partial charge in [-0.3, -0.25) is 0 Å². The molecule has 0 saturated heterocycles. The van der Waals surface area contributed by atoms with Crippen molar-refractivity contribution in [2.24, 2.45) is 0 Å². The third-order valence-electron chi connectivity index (χ3n) is 4.28. The van der Waals surface area contributed by atoms with Crippen LogP contribution in [0.2, 0.25) is 0 Å². The van der Waals surface area contributed by atoms with Crippen LogP contribution < -0.4 is 4.72 Å². The van der Waals surface area contributed by atoms with Gasteiger partial charge in [0.05, 0.1) is 9.77 Å². The monoisotopic (exact) mass is 447 g/mol. The van der Waals surface area contributed by atoms with Crippen LogP contribution in [-0.4, -0.2) is 18.6 Å². The van der Waals surface area contributed by atoms with Gasteiger partial charge in [0, 0.05) is 17.0 Å². The summed E-state index contributed by atoms with van der Waals surface area (Å²) in [6.45, 7) is 1.71. The second-order valence-corrected chi connectivity index (χ2v) is 9.40. The lowest BCUT2D eigenvalue weighted by molar-refractivity contribution is 0.433. The molecule has 0 saturated carbocycles. The lowest BCUT2D eigenvalue weighted by atomic mass is 10.2. The average molecular weight is 447 g/mol. The number of hydrogen-bond donors (Lipinski definition) is 1. The number of nitrogens with one attached hydrogen (secondary N) is 1. The highest BCUT2D eigenvalue weighted by molar-refractivity contribution is 7.89. The first kappa shape index (κ1) is 20.3. The molecule has 30 heavy (non-hydrogen) atoms. The highest BCUT2D eigenvalue weighted by atomic mass is 32.2. The number of aryl methyl sites for hydroxylation is 1. The molecule has 0 fully saturated rings. The molecule has 0 spiro atoms. The van der Waals surface area contributed by atoms with Gasteiger partial charge in [-0.2, -0.15) is 4.98 Å². The number of halogens is 2. The van der Waals surface area contributed by atoms with Crippen LogP contribution in [0.5, 0.6) is 0 Å². The topological polar surface area (TPSA) is 85.1 Å². The van der Waals surface area contributed by atoms with E-state index in [4.69, 9.17) is 4.52 Å². The van der Waals surface area contributed by atoms with Gasteiger partial charge < -0.3 is 4.52 Å². The zero-order chi connectivity index (χ0) is 21.3. The molecule has 1 N–H and O–H groups in total. The molecule has 2 aromatic heterocycles. The zero-order valence-electron chi connectivity index (χ0n) is 15.6. The Labute approximate surface area is 175 Å². The second-order valence-electron chi connectivity index (χ2n) is 6.41. The maximum absolute atomic E-state index is 13.1. The van der Waals surface area contributed by atoms with Crippen LogP contribution >= 0.6 is 11.3 Å². The fourth-order valence-corrected chi connectivity index (χ4v) is 5.26. The molecule has 4 aromatic rings. The van der Waals surface area contributed by atoms with Crippen LogP contribution in [0.1, 0.15) is 10.4 Å². The van der Waals surface area contributed by atoms with E-state index in [0.717, 1.165) is 0 Å². The highest BCUT2D eigenvalue weighted by Crippen LogP contribution is 2.33. The van der Waals surface area contributed by atoms with Crippen LogP contribution in [0.3, 0.4) is 0 Å². The molecule has 0 unspecified atom stereocenters. The minimum absolute atomic E-state index is 0.0303. The van der Waals surface area contributed by atoms with Gasteiger partial charge >= 0.3 is 0 Å². The van der Waals surface area contributed by atoms with Gasteiger partial charge in [-0.1, -0.05) is 17.3 Å². The maximum atomic E-state index is 13.1. The SMILES string of the molecule is Cc1sc(-c2nc(-c3ccc(F)cc3)no2)cc1S(=O)(=O)NCc1ccc(F)cc1. The Hall–Kier alpha value is -2.95. The molecule has 0 aliphatic rings. The largest absolute Gasteiger partial charge is 0.333 e. The predicted octanol–water partition coefficient (Wildman–Crippen LogP) is 4.53. The van der Waals surface area contributed by atoms with Gasteiger partial charge in [0.2, 0.25) is 15.8 Å². The van der Waals surface area contributed by atoms with E-state index < -0.39 is 10.0 Å². The molecule has 154 valence electrons. The molecule has 0 aliphatic carbocycles. The van der Waals surface area contributed by atoms with Crippen molar-refractivity contribution < 1.29 is 21.7 Å². The summed E-state index contributed by atoms with van der Waals surface area (Å²) in [6.07, 6.45) is 0.